The summed E-state index contributed by atoms with van der Waals surface area (Å²) in [4.78, 5) is 12.9. The number of carbonyl (C=O) groups excluding carboxylic acids is 1. The summed E-state index contributed by atoms with van der Waals surface area (Å²) in [5.74, 6) is 2.06. The van der Waals surface area contributed by atoms with Gasteiger partial charge in [-0.2, -0.15) is 0 Å². The molecule has 4 aliphatic carbocycles. The average molecular weight is 290 g/mol. The van der Waals surface area contributed by atoms with Gasteiger partial charge in [0.1, 0.15) is 5.60 Å². The Morgan fingerprint density at radius 1 is 0.952 bits per heavy atom. The van der Waals surface area contributed by atoms with E-state index in [0.717, 1.165) is 18.8 Å². The third-order valence-electron chi connectivity index (χ3n) is 8.35. The molecule has 0 radical (unpaired) electrons. The molecule has 0 saturated heterocycles. The minimum Gasteiger partial charge on any atom is -0.381 e. The van der Waals surface area contributed by atoms with Crippen LogP contribution < -0.4 is 0 Å². The highest BCUT2D eigenvalue weighted by molar-refractivity contribution is 5.89. The van der Waals surface area contributed by atoms with Crippen LogP contribution >= 0.6 is 0 Å². The molecule has 1 N–H and O–H groups in total. The fourth-order valence-electron chi connectivity index (χ4n) is 7.05. The Morgan fingerprint density at radius 2 is 1.71 bits per heavy atom. The molecule has 4 rings (SSSR count). The SMILES string of the molecule is C[C@]12CCC[C@@H]1[C@@H]1CC(=O)[C@@]3(O)CCCC[C@@]3(C)[C@@H]1CC2. The lowest BCUT2D eigenvalue weighted by Gasteiger charge is -2.62. The Balaban J connectivity index is 1.74. The van der Waals surface area contributed by atoms with Crippen molar-refractivity contribution in [1.29, 1.82) is 0 Å². The second-order valence-electron chi connectivity index (χ2n) is 9.07. The van der Waals surface area contributed by atoms with Gasteiger partial charge in [-0.05, 0) is 61.7 Å². The van der Waals surface area contributed by atoms with Crippen LogP contribution in [0.3, 0.4) is 0 Å². The molecule has 4 saturated carbocycles. The summed E-state index contributed by atoms with van der Waals surface area (Å²) < 4.78 is 0. The lowest BCUT2D eigenvalue weighted by atomic mass is 9.43. The molecule has 0 spiro atoms. The highest BCUT2D eigenvalue weighted by Crippen LogP contribution is 2.66. The van der Waals surface area contributed by atoms with Crippen LogP contribution in [-0.4, -0.2) is 16.5 Å². The summed E-state index contributed by atoms with van der Waals surface area (Å²) in [5, 5.41) is 11.2. The van der Waals surface area contributed by atoms with Crippen molar-refractivity contribution < 1.29 is 9.90 Å². The third-order valence-corrected chi connectivity index (χ3v) is 8.35. The normalized spacial score (nSPS) is 56.5. The summed E-state index contributed by atoms with van der Waals surface area (Å²) in [6.45, 7) is 4.72. The molecule has 0 aromatic rings. The van der Waals surface area contributed by atoms with Crippen LogP contribution in [0, 0.1) is 28.6 Å². The summed E-state index contributed by atoms with van der Waals surface area (Å²) in [7, 11) is 0. The van der Waals surface area contributed by atoms with E-state index >= 15 is 0 Å². The first-order valence-electron chi connectivity index (χ1n) is 9.16. The number of carbonyl (C=O) groups is 1. The monoisotopic (exact) mass is 290 g/mol. The van der Waals surface area contributed by atoms with Crippen molar-refractivity contribution in [1.82, 2.24) is 0 Å². The van der Waals surface area contributed by atoms with Gasteiger partial charge in [0.15, 0.2) is 5.78 Å². The van der Waals surface area contributed by atoms with Gasteiger partial charge in [0.2, 0.25) is 0 Å². The zero-order valence-corrected chi connectivity index (χ0v) is 13.7. The highest BCUT2D eigenvalue weighted by Gasteiger charge is 2.65. The number of Topliss-reactive ketones (excluding diaryl/α,β-unsaturated/α-hetero) is 1. The van der Waals surface area contributed by atoms with Crippen molar-refractivity contribution in [3.8, 4) is 0 Å². The Morgan fingerprint density at radius 3 is 2.52 bits per heavy atom. The second kappa shape index (κ2) is 4.34. The van der Waals surface area contributed by atoms with E-state index in [1.165, 1.54) is 38.5 Å². The van der Waals surface area contributed by atoms with E-state index < -0.39 is 5.60 Å². The van der Waals surface area contributed by atoms with Gasteiger partial charge in [0.05, 0.1) is 0 Å². The number of aliphatic hydroxyl groups is 1. The van der Waals surface area contributed by atoms with E-state index in [1.807, 2.05) is 0 Å². The molecule has 0 unspecified atom stereocenters. The quantitative estimate of drug-likeness (QED) is 0.729. The Bertz CT molecular complexity index is 472. The molecule has 0 amide bonds. The molecule has 0 aromatic heterocycles. The second-order valence-corrected chi connectivity index (χ2v) is 9.07. The largest absolute Gasteiger partial charge is 0.381 e. The average Bonchev–Trinajstić information content (AvgIpc) is 2.83. The molecule has 21 heavy (non-hydrogen) atoms. The molecule has 0 bridgehead atoms. The van der Waals surface area contributed by atoms with Crippen molar-refractivity contribution >= 4 is 5.78 Å². The lowest BCUT2D eigenvalue weighted by Crippen LogP contribution is -2.65. The van der Waals surface area contributed by atoms with E-state index in [2.05, 4.69) is 13.8 Å². The van der Waals surface area contributed by atoms with Crippen LogP contribution in [0.15, 0.2) is 0 Å². The van der Waals surface area contributed by atoms with E-state index in [9.17, 15) is 9.90 Å². The number of rotatable bonds is 0. The molecular weight excluding hydrogens is 260 g/mol. The fraction of sp³-hybridized carbons (Fsp3) is 0.947. The van der Waals surface area contributed by atoms with Gasteiger partial charge in [-0.1, -0.05) is 33.1 Å². The van der Waals surface area contributed by atoms with Gasteiger partial charge in [-0.25, -0.2) is 0 Å². The number of hydrogen-bond acceptors (Lipinski definition) is 2. The van der Waals surface area contributed by atoms with E-state index in [-0.39, 0.29) is 11.2 Å². The molecule has 4 aliphatic rings. The van der Waals surface area contributed by atoms with E-state index in [4.69, 9.17) is 0 Å². The standard InChI is InChI=1S/C19H30O2/c1-17-8-5-6-14(17)13-12-16(20)19(21)10-4-3-9-18(19,2)15(13)7-11-17/h13-15,21H,3-12H2,1-2H3/t13-,14+,15+,17+,18-,19-/m0/s1. The van der Waals surface area contributed by atoms with E-state index in [1.54, 1.807) is 0 Å². The topological polar surface area (TPSA) is 37.3 Å². The Labute approximate surface area is 128 Å². The molecule has 6 atom stereocenters. The van der Waals surface area contributed by atoms with Gasteiger partial charge >= 0.3 is 0 Å². The minimum atomic E-state index is -1.00. The number of fused-ring (bicyclic) bond motifs is 5. The van der Waals surface area contributed by atoms with Crippen molar-refractivity contribution in [3.05, 3.63) is 0 Å². The maximum absolute atomic E-state index is 12.9. The maximum Gasteiger partial charge on any atom is 0.165 e. The van der Waals surface area contributed by atoms with Crippen LogP contribution in [0.4, 0.5) is 0 Å². The minimum absolute atomic E-state index is 0.144. The lowest BCUT2D eigenvalue weighted by molar-refractivity contribution is -0.201. The van der Waals surface area contributed by atoms with Crippen LogP contribution in [0.25, 0.3) is 0 Å². The Hall–Kier alpha value is -0.370. The van der Waals surface area contributed by atoms with Gasteiger partial charge < -0.3 is 5.11 Å². The zero-order chi connectivity index (χ0) is 14.9. The van der Waals surface area contributed by atoms with Crippen LogP contribution in [-0.2, 0) is 4.79 Å². The molecule has 118 valence electrons. The maximum atomic E-state index is 12.9. The van der Waals surface area contributed by atoms with Gasteiger partial charge in [-0.15, -0.1) is 0 Å². The van der Waals surface area contributed by atoms with Crippen LogP contribution in [0.2, 0.25) is 0 Å². The summed E-state index contributed by atoms with van der Waals surface area (Å²) >= 11 is 0. The smallest absolute Gasteiger partial charge is 0.165 e. The van der Waals surface area contributed by atoms with Gasteiger partial charge in [-0.3, -0.25) is 4.79 Å². The highest BCUT2D eigenvalue weighted by atomic mass is 16.3. The first-order chi connectivity index (χ1) is 9.91. The predicted octanol–water partition coefficient (Wildman–Crippen LogP) is 4.10. The molecule has 4 fully saturated rings. The summed E-state index contributed by atoms with van der Waals surface area (Å²) in [5.41, 5.74) is -0.657. The zero-order valence-electron chi connectivity index (χ0n) is 13.7. The van der Waals surface area contributed by atoms with Crippen molar-refractivity contribution in [2.24, 2.45) is 28.6 Å². The molecule has 0 aliphatic heterocycles. The molecule has 2 heteroatoms. The predicted molar refractivity (Wildman–Crippen MR) is 82.8 cm³/mol. The van der Waals surface area contributed by atoms with E-state index in [0.29, 0.717) is 30.1 Å². The number of hydrogen-bond donors (Lipinski definition) is 1. The number of ketones is 1. The Kier molecular flexibility index (Phi) is 2.94. The molecular formula is C19H30O2. The summed E-state index contributed by atoms with van der Waals surface area (Å²) in [6, 6.07) is 0. The first kappa shape index (κ1) is 14.2. The molecule has 2 nitrogen and oxygen atoms in total. The van der Waals surface area contributed by atoms with Gasteiger partial charge in [0.25, 0.3) is 0 Å². The molecule has 0 heterocycles. The third kappa shape index (κ3) is 1.66. The van der Waals surface area contributed by atoms with Gasteiger partial charge in [0, 0.05) is 11.8 Å². The van der Waals surface area contributed by atoms with Crippen LogP contribution in [0.1, 0.15) is 78.1 Å². The van der Waals surface area contributed by atoms with Crippen molar-refractivity contribution in [2.45, 2.75) is 83.7 Å². The van der Waals surface area contributed by atoms with Crippen LogP contribution in [0.5, 0.6) is 0 Å². The summed E-state index contributed by atoms with van der Waals surface area (Å²) in [6.07, 6.45) is 11.2. The van der Waals surface area contributed by atoms with Crippen molar-refractivity contribution in [3.63, 3.8) is 0 Å². The molecule has 0 aromatic carbocycles. The van der Waals surface area contributed by atoms with Crippen molar-refractivity contribution in [2.75, 3.05) is 0 Å². The first-order valence-corrected chi connectivity index (χ1v) is 9.16. The fourth-order valence-corrected chi connectivity index (χ4v) is 7.05.